The van der Waals surface area contributed by atoms with E-state index in [0.717, 1.165) is 30.5 Å². The molecule has 0 amide bonds. The van der Waals surface area contributed by atoms with Crippen molar-refractivity contribution in [3.05, 3.63) is 69.8 Å². The van der Waals surface area contributed by atoms with Gasteiger partial charge in [0.15, 0.2) is 0 Å². The predicted molar refractivity (Wildman–Crippen MR) is 90.3 cm³/mol. The summed E-state index contributed by atoms with van der Waals surface area (Å²) < 4.78 is 1.16. The molecule has 4 rings (SSSR count). The molecule has 0 saturated carbocycles. The molecule has 1 aliphatic heterocycles. The molecule has 0 aliphatic carbocycles. The zero-order valence-corrected chi connectivity index (χ0v) is 13.4. The van der Waals surface area contributed by atoms with Crippen LogP contribution in [0.1, 0.15) is 16.8 Å². The number of para-hydroxylation sites is 1. The van der Waals surface area contributed by atoms with Gasteiger partial charge >= 0.3 is 0 Å². The minimum atomic E-state index is 1.03. The third-order valence-corrected chi connectivity index (χ3v) is 4.95. The van der Waals surface area contributed by atoms with Gasteiger partial charge in [0.2, 0.25) is 0 Å². The number of halogens is 1. The SMILES string of the molecule is Brc1cccc2c3c([nH]c12)CCN(Cc1ccccc1)C3. The number of aromatic amines is 1. The Kier molecular flexibility index (Phi) is 3.32. The van der Waals surface area contributed by atoms with Crippen molar-refractivity contribution in [2.24, 2.45) is 0 Å². The van der Waals surface area contributed by atoms with Crippen LogP contribution in [-0.2, 0) is 19.5 Å². The van der Waals surface area contributed by atoms with E-state index in [1.807, 2.05) is 0 Å². The van der Waals surface area contributed by atoms with Gasteiger partial charge in [0, 0.05) is 41.6 Å². The lowest BCUT2D eigenvalue weighted by Gasteiger charge is -2.27. The van der Waals surface area contributed by atoms with E-state index in [0.29, 0.717) is 0 Å². The summed E-state index contributed by atoms with van der Waals surface area (Å²) in [6, 6.07) is 17.2. The molecular formula is C18H17BrN2. The molecule has 1 aromatic heterocycles. The Morgan fingerprint density at radius 3 is 2.76 bits per heavy atom. The average Bonchev–Trinajstić information content (AvgIpc) is 2.88. The fourth-order valence-electron chi connectivity index (χ4n) is 3.23. The third kappa shape index (κ3) is 2.41. The zero-order chi connectivity index (χ0) is 14.2. The summed E-state index contributed by atoms with van der Waals surface area (Å²) in [4.78, 5) is 6.13. The lowest BCUT2D eigenvalue weighted by molar-refractivity contribution is 0.245. The molecule has 1 N–H and O–H groups in total. The van der Waals surface area contributed by atoms with Crippen LogP contribution in [0.4, 0.5) is 0 Å². The number of H-pyrrole nitrogens is 1. The molecule has 1 aliphatic rings. The van der Waals surface area contributed by atoms with Crippen molar-refractivity contribution in [1.82, 2.24) is 9.88 Å². The fraction of sp³-hybridized carbons (Fsp3) is 0.222. The molecule has 106 valence electrons. The molecule has 0 saturated heterocycles. The predicted octanol–water partition coefficient (Wildman–Crippen LogP) is 4.49. The van der Waals surface area contributed by atoms with Crippen molar-refractivity contribution < 1.29 is 0 Å². The van der Waals surface area contributed by atoms with Crippen molar-refractivity contribution in [3.63, 3.8) is 0 Å². The highest BCUT2D eigenvalue weighted by Crippen LogP contribution is 2.32. The Labute approximate surface area is 132 Å². The van der Waals surface area contributed by atoms with Crippen molar-refractivity contribution in [1.29, 1.82) is 0 Å². The van der Waals surface area contributed by atoms with Gasteiger partial charge in [0.25, 0.3) is 0 Å². The topological polar surface area (TPSA) is 19.0 Å². The number of benzene rings is 2. The van der Waals surface area contributed by atoms with Crippen LogP contribution in [0.3, 0.4) is 0 Å². The first-order chi connectivity index (χ1) is 10.3. The van der Waals surface area contributed by atoms with E-state index in [4.69, 9.17) is 0 Å². The first-order valence-corrected chi connectivity index (χ1v) is 8.15. The van der Waals surface area contributed by atoms with Crippen LogP contribution in [0.5, 0.6) is 0 Å². The maximum absolute atomic E-state index is 3.65. The van der Waals surface area contributed by atoms with Crippen LogP contribution < -0.4 is 0 Å². The molecule has 3 aromatic rings. The van der Waals surface area contributed by atoms with E-state index in [1.165, 1.54) is 27.7 Å². The minimum Gasteiger partial charge on any atom is -0.357 e. The van der Waals surface area contributed by atoms with Crippen LogP contribution in [0, 0.1) is 0 Å². The molecule has 0 spiro atoms. The van der Waals surface area contributed by atoms with Gasteiger partial charge in [0.05, 0.1) is 5.52 Å². The highest BCUT2D eigenvalue weighted by molar-refractivity contribution is 9.10. The van der Waals surface area contributed by atoms with Crippen LogP contribution in [0.2, 0.25) is 0 Å². The van der Waals surface area contributed by atoms with Gasteiger partial charge in [-0.05, 0) is 33.1 Å². The molecule has 2 nitrogen and oxygen atoms in total. The molecule has 2 aromatic carbocycles. The van der Waals surface area contributed by atoms with Crippen LogP contribution in [0.15, 0.2) is 53.0 Å². The maximum atomic E-state index is 3.65. The first kappa shape index (κ1) is 13.1. The summed E-state index contributed by atoms with van der Waals surface area (Å²) in [6.45, 7) is 3.17. The van der Waals surface area contributed by atoms with Crippen LogP contribution >= 0.6 is 15.9 Å². The monoisotopic (exact) mass is 340 g/mol. The molecule has 3 heteroatoms. The Bertz CT molecular complexity index is 777. The van der Waals surface area contributed by atoms with Crippen molar-refractivity contribution >= 4 is 26.8 Å². The Morgan fingerprint density at radius 2 is 1.90 bits per heavy atom. The molecule has 0 atom stereocenters. The van der Waals surface area contributed by atoms with Gasteiger partial charge in [0.1, 0.15) is 0 Å². The summed E-state index contributed by atoms with van der Waals surface area (Å²) in [5, 5.41) is 1.36. The highest BCUT2D eigenvalue weighted by atomic mass is 79.9. The van der Waals surface area contributed by atoms with E-state index in [1.54, 1.807) is 0 Å². The van der Waals surface area contributed by atoms with Crippen molar-refractivity contribution in [2.75, 3.05) is 6.54 Å². The van der Waals surface area contributed by atoms with E-state index < -0.39 is 0 Å². The number of hydrogen-bond donors (Lipinski definition) is 1. The summed E-state index contributed by atoms with van der Waals surface area (Å²) in [6.07, 6.45) is 1.10. The molecule has 0 fully saturated rings. The first-order valence-electron chi connectivity index (χ1n) is 7.35. The van der Waals surface area contributed by atoms with E-state index in [9.17, 15) is 0 Å². The standard InChI is InChI=1S/C18H17BrN2/c19-16-8-4-7-14-15-12-21(10-9-17(15)20-18(14)16)11-13-5-2-1-3-6-13/h1-8,20H,9-12H2. The molecule has 0 unspecified atom stereocenters. The molecule has 0 radical (unpaired) electrons. The molecule has 0 bridgehead atoms. The van der Waals surface area contributed by atoms with Gasteiger partial charge in [-0.2, -0.15) is 0 Å². The van der Waals surface area contributed by atoms with E-state index >= 15 is 0 Å². The summed E-state index contributed by atoms with van der Waals surface area (Å²) in [5.74, 6) is 0. The number of hydrogen-bond acceptors (Lipinski definition) is 1. The second kappa shape index (κ2) is 5.32. The third-order valence-electron chi connectivity index (χ3n) is 4.29. The van der Waals surface area contributed by atoms with Crippen molar-refractivity contribution in [3.8, 4) is 0 Å². The molecular weight excluding hydrogens is 324 g/mol. The normalized spacial score (nSPS) is 15.3. The number of nitrogens with one attached hydrogen (secondary N) is 1. The Morgan fingerprint density at radius 1 is 1.05 bits per heavy atom. The Balaban J connectivity index is 1.65. The second-order valence-corrected chi connectivity index (χ2v) is 6.55. The molecule has 21 heavy (non-hydrogen) atoms. The van der Waals surface area contributed by atoms with Crippen LogP contribution in [-0.4, -0.2) is 16.4 Å². The summed E-state index contributed by atoms with van der Waals surface area (Å²) >= 11 is 3.65. The van der Waals surface area contributed by atoms with Crippen LogP contribution in [0.25, 0.3) is 10.9 Å². The van der Waals surface area contributed by atoms with Gasteiger partial charge in [-0.1, -0.05) is 42.5 Å². The zero-order valence-electron chi connectivity index (χ0n) is 11.8. The fourth-order valence-corrected chi connectivity index (χ4v) is 3.70. The average molecular weight is 341 g/mol. The van der Waals surface area contributed by atoms with Gasteiger partial charge in [-0.3, -0.25) is 4.90 Å². The second-order valence-electron chi connectivity index (χ2n) is 5.69. The van der Waals surface area contributed by atoms with E-state index in [2.05, 4.69) is 74.3 Å². The van der Waals surface area contributed by atoms with E-state index in [-0.39, 0.29) is 0 Å². The maximum Gasteiger partial charge on any atom is 0.0603 e. The van der Waals surface area contributed by atoms with Crippen molar-refractivity contribution in [2.45, 2.75) is 19.5 Å². The van der Waals surface area contributed by atoms with Gasteiger partial charge < -0.3 is 4.98 Å². The lowest BCUT2D eigenvalue weighted by atomic mass is 10.0. The van der Waals surface area contributed by atoms with Gasteiger partial charge in [-0.25, -0.2) is 0 Å². The summed E-state index contributed by atoms with van der Waals surface area (Å²) in [5.41, 5.74) is 5.50. The smallest absolute Gasteiger partial charge is 0.0603 e. The quantitative estimate of drug-likeness (QED) is 0.728. The largest absolute Gasteiger partial charge is 0.357 e. The molecule has 2 heterocycles. The minimum absolute atomic E-state index is 1.03. The number of rotatable bonds is 2. The Hall–Kier alpha value is -1.58. The van der Waals surface area contributed by atoms with Gasteiger partial charge in [-0.15, -0.1) is 0 Å². The highest BCUT2D eigenvalue weighted by Gasteiger charge is 2.21. The number of nitrogens with zero attached hydrogens (tertiary/aromatic N) is 1. The number of fused-ring (bicyclic) bond motifs is 3. The number of aromatic nitrogens is 1. The lowest BCUT2D eigenvalue weighted by Crippen LogP contribution is -2.29. The summed E-state index contributed by atoms with van der Waals surface area (Å²) in [7, 11) is 0.